The molecule has 0 saturated carbocycles. The van der Waals surface area contributed by atoms with Crippen LogP contribution in [0.15, 0.2) is 42.5 Å². The number of fused-ring (bicyclic) bond motifs is 1. The highest BCUT2D eigenvalue weighted by Crippen LogP contribution is 2.34. The van der Waals surface area contributed by atoms with E-state index in [2.05, 4.69) is 5.32 Å². The number of carbonyl (C=O) groups is 2. The van der Waals surface area contributed by atoms with Crippen molar-refractivity contribution in [3.05, 3.63) is 59.2 Å². The van der Waals surface area contributed by atoms with Gasteiger partial charge in [-0.2, -0.15) is 0 Å². The molecule has 0 spiro atoms. The average molecular weight is 341 g/mol. The maximum absolute atomic E-state index is 12.0. The number of benzene rings is 2. The first kappa shape index (κ1) is 16.8. The van der Waals surface area contributed by atoms with E-state index >= 15 is 0 Å². The summed E-state index contributed by atoms with van der Waals surface area (Å²) in [5.74, 6) is 0.454. The number of ether oxygens (including phenoxy) is 3. The van der Waals surface area contributed by atoms with Crippen molar-refractivity contribution in [3.63, 3.8) is 0 Å². The van der Waals surface area contributed by atoms with E-state index in [1.807, 2.05) is 38.1 Å². The van der Waals surface area contributed by atoms with Crippen molar-refractivity contribution < 1.29 is 23.8 Å². The maximum atomic E-state index is 12.0. The van der Waals surface area contributed by atoms with Gasteiger partial charge in [0.2, 0.25) is 6.79 Å². The van der Waals surface area contributed by atoms with Crippen molar-refractivity contribution in [2.24, 2.45) is 0 Å². The molecule has 0 fully saturated rings. The normalized spacial score (nSPS) is 13.2. The van der Waals surface area contributed by atoms with E-state index in [1.165, 1.54) is 0 Å². The van der Waals surface area contributed by atoms with Crippen LogP contribution in [0.3, 0.4) is 0 Å². The summed E-state index contributed by atoms with van der Waals surface area (Å²) in [4.78, 5) is 23.9. The summed E-state index contributed by atoms with van der Waals surface area (Å²) in [6, 6.07) is 12.2. The third-order valence-electron chi connectivity index (χ3n) is 3.90. The molecule has 1 amide bonds. The monoisotopic (exact) mass is 341 g/mol. The van der Waals surface area contributed by atoms with E-state index < -0.39 is 5.97 Å². The predicted octanol–water partition coefficient (Wildman–Crippen LogP) is 2.76. The first-order chi connectivity index (χ1) is 12.0. The molecular weight excluding hydrogens is 322 g/mol. The van der Waals surface area contributed by atoms with Crippen LogP contribution in [-0.2, 0) is 9.53 Å². The molecule has 0 bridgehead atoms. The molecule has 2 aromatic carbocycles. The lowest BCUT2D eigenvalue weighted by molar-refractivity contribution is -0.124. The summed E-state index contributed by atoms with van der Waals surface area (Å²) >= 11 is 0. The van der Waals surface area contributed by atoms with Gasteiger partial charge in [-0.3, -0.25) is 4.79 Å². The number of amides is 1. The van der Waals surface area contributed by atoms with E-state index in [-0.39, 0.29) is 25.3 Å². The average Bonchev–Trinajstić information content (AvgIpc) is 3.08. The van der Waals surface area contributed by atoms with Crippen molar-refractivity contribution in [3.8, 4) is 11.5 Å². The largest absolute Gasteiger partial charge is 0.454 e. The number of aryl methyl sites for hydroxylation is 1. The van der Waals surface area contributed by atoms with Crippen LogP contribution < -0.4 is 14.8 Å². The van der Waals surface area contributed by atoms with Crippen LogP contribution in [0.2, 0.25) is 0 Å². The second-order valence-corrected chi connectivity index (χ2v) is 5.84. The summed E-state index contributed by atoms with van der Waals surface area (Å²) in [7, 11) is 0. The van der Waals surface area contributed by atoms with Gasteiger partial charge in [0.1, 0.15) is 0 Å². The van der Waals surface area contributed by atoms with Crippen LogP contribution in [0.4, 0.5) is 0 Å². The molecule has 0 radical (unpaired) electrons. The summed E-state index contributed by atoms with van der Waals surface area (Å²) in [5, 5.41) is 2.79. The van der Waals surface area contributed by atoms with Gasteiger partial charge in [0, 0.05) is 0 Å². The molecule has 0 aliphatic carbocycles. The van der Waals surface area contributed by atoms with Crippen molar-refractivity contribution in [2.75, 3.05) is 13.4 Å². The number of carbonyl (C=O) groups excluding carboxylic acids is 2. The van der Waals surface area contributed by atoms with Gasteiger partial charge in [-0.15, -0.1) is 0 Å². The van der Waals surface area contributed by atoms with Crippen LogP contribution in [0.1, 0.15) is 34.5 Å². The molecule has 6 nitrogen and oxygen atoms in total. The van der Waals surface area contributed by atoms with Crippen LogP contribution >= 0.6 is 0 Å². The first-order valence-electron chi connectivity index (χ1n) is 7.95. The fraction of sp³-hybridized carbons (Fsp3) is 0.263. The van der Waals surface area contributed by atoms with Gasteiger partial charge in [-0.05, 0) is 43.7 Å². The molecule has 1 atom stereocenters. The van der Waals surface area contributed by atoms with Gasteiger partial charge in [0.15, 0.2) is 18.1 Å². The highest BCUT2D eigenvalue weighted by molar-refractivity contribution is 5.91. The minimum absolute atomic E-state index is 0.203. The fourth-order valence-corrected chi connectivity index (χ4v) is 2.45. The quantitative estimate of drug-likeness (QED) is 0.847. The molecular formula is C19H19NO5. The van der Waals surface area contributed by atoms with E-state index in [9.17, 15) is 9.59 Å². The molecule has 0 saturated heterocycles. The van der Waals surface area contributed by atoms with Crippen molar-refractivity contribution in [2.45, 2.75) is 19.9 Å². The zero-order valence-electron chi connectivity index (χ0n) is 14.1. The number of esters is 1. The topological polar surface area (TPSA) is 73.9 Å². The Kier molecular flexibility index (Phi) is 4.88. The van der Waals surface area contributed by atoms with E-state index in [4.69, 9.17) is 14.2 Å². The maximum Gasteiger partial charge on any atom is 0.338 e. The lowest BCUT2D eigenvalue weighted by Crippen LogP contribution is -2.31. The Bertz CT molecular complexity index is 785. The molecule has 130 valence electrons. The molecule has 1 N–H and O–H groups in total. The van der Waals surface area contributed by atoms with Crippen molar-refractivity contribution in [1.82, 2.24) is 5.32 Å². The first-order valence-corrected chi connectivity index (χ1v) is 7.95. The van der Waals surface area contributed by atoms with E-state index in [0.717, 1.165) is 11.1 Å². The van der Waals surface area contributed by atoms with Crippen LogP contribution in [0.5, 0.6) is 11.5 Å². The standard InChI is InChI=1S/C19H19NO5/c1-12-3-5-14(6-4-12)19(22)23-10-18(21)20-13(2)15-7-8-16-17(9-15)25-11-24-16/h3-9,13H,10-11H2,1-2H3,(H,20,21). The number of hydrogen-bond donors (Lipinski definition) is 1. The minimum Gasteiger partial charge on any atom is -0.454 e. The molecule has 6 heteroatoms. The summed E-state index contributed by atoms with van der Waals surface area (Å²) in [6.07, 6.45) is 0. The molecule has 0 aromatic heterocycles. The SMILES string of the molecule is Cc1ccc(C(=O)OCC(=O)NC(C)c2ccc3c(c2)OCO3)cc1. The smallest absolute Gasteiger partial charge is 0.338 e. The Hall–Kier alpha value is -3.02. The Balaban J connectivity index is 1.52. The number of rotatable bonds is 5. The van der Waals surface area contributed by atoms with Crippen molar-refractivity contribution >= 4 is 11.9 Å². The van der Waals surface area contributed by atoms with Crippen LogP contribution in [0.25, 0.3) is 0 Å². The molecule has 1 aliphatic heterocycles. The lowest BCUT2D eigenvalue weighted by atomic mass is 10.1. The predicted molar refractivity (Wildman–Crippen MR) is 90.6 cm³/mol. The van der Waals surface area contributed by atoms with Gasteiger partial charge < -0.3 is 19.5 Å². The van der Waals surface area contributed by atoms with Crippen LogP contribution in [0, 0.1) is 6.92 Å². The van der Waals surface area contributed by atoms with E-state index in [0.29, 0.717) is 17.1 Å². The zero-order valence-corrected chi connectivity index (χ0v) is 14.1. The lowest BCUT2D eigenvalue weighted by Gasteiger charge is -2.15. The molecule has 3 rings (SSSR count). The van der Waals surface area contributed by atoms with Gasteiger partial charge >= 0.3 is 5.97 Å². The highest BCUT2D eigenvalue weighted by Gasteiger charge is 2.17. The van der Waals surface area contributed by atoms with E-state index in [1.54, 1.807) is 18.2 Å². The summed E-state index contributed by atoms with van der Waals surface area (Å²) < 4.78 is 15.6. The Labute approximate surface area is 145 Å². The highest BCUT2D eigenvalue weighted by atomic mass is 16.7. The third kappa shape index (κ3) is 4.09. The van der Waals surface area contributed by atoms with Gasteiger partial charge in [-0.1, -0.05) is 23.8 Å². The zero-order chi connectivity index (χ0) is 17.8. The molecule has 1 unspecified atom stereocenters. The third-order valence-corrected chi connectivity index (χ3v) is 3.90. The summed E-state index contributed by atoms with van der Waals surface area (Å²) in [5.41, 5.74) is 2.34. The molecule has 25 heavy (non-hydrogen) atoms. The second-order valence-electron chi connectivity index (χ2n) is 5.84. The minimum atomic E-state index is -0.522. The molecule has 2 aromatic rings. The Morgan fingerprint density at radius 1 is 1.12 bits per heavy atom. The number of hydrogen-bond acceptors (Lipinski definition) is 5. The second kappa shape index (κ2) is 7.25. The number of nitrogens with one attached hydrogen (secondary N) is 1. The summed E-state index contributed by atoms with van der Waals surface area (Å²) in [6.45, 7) is 3.65. The van der Waals surface area contributed by atoms with Gasteiger partial charge in [-0.25, -0.2) is 4.79 Å². The van der Waals surface area contributed by atoms with Gasteiger partial charge in [0.25, 0.3) is 5.91 Å². The fourth-order valence-electron chi connectivity index (χ4n) is 2.45. The van der Waals surface area contributed by atoms with Crippen LogP contribution in [-0.4, -0.2) is 25.3 Å². The molecule has 1 heterocycles. The van der Waals surface area contributed by atoms with Gasteiger partial charge in [0.05, 0.1) is 11.6 Å². The van der Waals surface area contributed by atoms with Crippen molar-refractivity contribution in [1.29, 1.82) is 0 Å². The molecule has 1 aliphatic rings. The Morgan fingerprint density at radius 2 is 1.84 bits per heavy atom. The Morgan fingerprint density at radius 3 is 2.60 bits per heavy atom.